The van der Waals surface area contributed by atoms with Gasteiger partial charge in [-0.05, 0) is 18.2 Å². The zero-order valence-corrected chi connectivity index (χ0v) is 9.55. The minimum atomic E-state index is 0.835. The molecule has 0 amide bonds. The van der Waals surface area contributed by atoms with Crippen LogP contribution in [0.5, 0.6) is 5.75 Å². The standard InChI is InChI=1S/C15H10N2O/c1-2-5-11-10(4-1)15-14-12(17-11)6-3-7-13(14)18-9-8-16-15/h1-9,16H. The Morgan fingerprint density at radius 1 is 0.944 bits per heavy atom. The predicted molar refractivity (Wildman–Crippen MR) is 72.6 cm³/mol. The highest BCUT2D eigenvalue weighted by Crippen LogP contribution is 2.37. The van der Waals surface area contributed by atoms with Crippen LogP contribution >= 0.6 is 0 Å². The average Bonchev–Trinajstić information content (AvgIpc) is 2.63. The highest BCUT2D eigenvalue weighted by Gasteiger charge is 2.13. The van der Waals surface area contributed by atoms with Crippen LogP contribution in [0.1, 0.15) is 0 Å². The van der Waals surface area contributed by atoms with Crippen LogP contribution in [0.4, 0.5) is 5.69 Å². The van der Waals surface area contributed by atoms with Gasteiger partial charge in [0, 0.05) is 11.6 Å². The van der Waals surface area contributed by atoms with Crippen molar-refractivity contribution in [1.29, 1.82) is 0 Å². The van der Waals surface area contributed by atoms with Crippen molar-refractivity contribution in [2.75, 3.05) is 5.32 Å². The van der Waals surface area contributed by atoms with Crippen LogP contribution in [0.2, 0.25) is 0 Å². The molecule has 1 aliphatic heterocycles. The lowest BCUT2D eigenvalue weighted by Crippen LogP contribution is -1.92. The number of rotatable bonds is 0. The number of hydrogen-bond acceptors (Lipinski definition) is 3. The topological polar surface area (TPSA) is 34.1 Å². The van der Waals surface area contributed by atoms with Crippen molar-refractivity contribution in [3.8, 4) is 5.75 Å². The van der Waals surface area contributed by atoms with Crippen LogP contribution in [-0.2, 0) is 0 Å². The van der Waals surface area contributed by atoms with E-state index in [2.05, 4.69) is 16.4 Å². The van der Waals surface area contributed by atoms with Crippen molar-refractivity contribution in [2.45, 2.75) is 0 Å². The minimum Gasteiger partial charge on any atom is -0.463 e. The number of pyridine rings is 1. The molecule has 0 radical (unpaired) electrons. The minimum absolute atomic E-state index is 0.835. The molecule has 1 aromatic heterocycles. The normalized spacial score (nSPS) is 13.1. The Bertz CT molecular complexity index is 793. The summed E-state index contributed by atoms with van der Waals surface area (Å²) in [5.74, 6) is 0.835. The van der Waals surface area contributed by atoms with E-state index < -0.39 is 0 Å². The highest BCUT2D eigenvalue weighted by atomic mass is 16.5. The number of hydrogen-bond donors (Lipinski definition) is 1. The Morgan fingerprint density at radius 3 is 2.83 bits per heavy atom. The number of nitrogens with one attached hydrogen (secondary N) is 1. The smallest absolute Gasteiger partial charge is 0.138 e. The summed E-state index contributed by atoms with van der Waals surface area (Å²) in [5.41, 5.74) is 2.98. The van der Waals surface area contributed by atoms with Crippen molar-refractivity contribution in [3.63, 3.8) is 0 Å². The molecular formula is C15H10N2O. The van der Waals surface area contributed by atoms with E-state index in [1.807, 2.05) is 36.4 Å². The second-order valence-electron chi connectivity index (χ2n) is 4.22. The summed E-state index contributed by atoms with van der Waals surface area (Å²) < 4.78 is 5.59. The number of nitrogens with zero attached hydrogens (tertiary/aromatic N) is 1. The van der Waals surface area contributed by atoms with Gasteiger partial charge in [0.2, 0.25) is 0 Å². The summed E-state index contributed by atoms with van der Waals surface area (Å²) >= 11 is 0. The van der Waals surface area contributed by atoms with Gasteiger partial charge in [-0.2, -0.15) is 0 Å². The first-order valence-electron chi connectivity index (χ1n) is 5.83. The van der Waals surface area contributed by atoms with Gasteiger partial charge in [0.15, 0.2) is 0 Å². The zero-order chi connectivity index (χ0) is 11.9. The first-order valence-corrected chi connectivity index (χ1v) is 5.83. The summed E-state index contributed by atoms with van der Waals surface area (Å²) in [7, 11) is 0. The molecule has 0 atom stereocenters. The molecule has 0 saturated carbocycles. The SMILES string of the molecule is C1=COc2cccc3nc4ccccc4c(c23)N1. The number of para-hydroxylation sites is 1. The van der Waals surface area contributed by atoms with Crippen LogP contribution in [-0.4, -0.2) is 4.98 Å². The highest BCUT2D eigenvalue weighted by molar-refractivity contribution is 6.10. The number of aromatic nitrogens is 1. The van der Waals surface area contributed by atoms with Gasteiger partial charge in [0.25, 0.3) is 0 Å². The van der Waals surface area contributed by atoms with E-state index in [9.17, 15) is 0 Å². The quantitative estimate of drug-likeness (QED) is 0.603. The van der Waals surface area contributed by atoms with Crippen LogP contribution in [0.3, 0.4) is 0 Å². The van der Waals surface area contributed by atoms with E-state index in [0.717, 1.165) is 33.2 Å². The van der Waals surface area contributed by atoms with E-state index in [4.69, 9.17) is 4.74 Å². The van der Waals surface area contributed by atoms with Crippen LogP contribution in [0.15, 0.2) is 54.9 Å². The summed E-state index contributed by atoms with van der Waals surface area (Å²) in [6.45, 7) is 0. The van der Waals surface area contributed by atoms with Crippen molar-refractivity contribution >= 4 is 27.5 Å². The van der Waals surface area contributed by atoms with E-state index in [-0.39, 0.29) is 0 Å². The summed E-state index contributed by atoms with van der Waals surface area (Å²) in [6, 6.07) is 14.0. The van der Waals surface area contributed by atoms with Crippen LogP contribution in [0.25, 0.3) is 21.8 Å². The lowest BCUT2D eigenvalue weighted by molar-refractivity contribution is 0.488. The molecule has 0 fully saturated rings. The van der Waals surface area contributed by atoms with E-state index in [1.165, 1.54) is 0 Å². The molecule has 1 N–H and O–H groups in total. The molecule has 1 aliphatic rings. The van der Waals surface area contributed by atoms with Gasteiger partial charge in [-0.3, -0.25) is 0 Å². The van der Waals surface area contributed by atoms with Gasteiger partial charge in [0.05, 0.1) is 22.1 Å². The Balaban J connectivity index is 2.28. The third-order valence-electron chi connectivity index (χ3n) is 3.16. The number of benzene rings is 2. The molecular weight excluding hydrogens is 224 g/mol. The fourth-order valence-corrected chi connectivity index (χ4v) is 2.38. The van der Waals surface area contributed by atoms with Gasteiger partial charge in [0.1, 0.15) is 12.0 Å². The van der Waals surface area contributed by atoms with Gasteiger partial charge in [-0.1, -0.05) is 24.3 Å². The van der Waals surface area contributed by atoms with Crippen molar-refractivity contribution in [3.05, 3.63) is 54.9 Å². The molecule has 2 heterocycles. The molecule has 2 aromatic carbocycles. The Morgan fingerprint density at radius 2 is 1.83 bits per heavy atom. The molecule has 3 aromatic rings. The Kier molecular flexibility index (Phi) is 1.83. The maximum Gasteiger partial charge on any atom is 0.138 e. The van der Waals surface area contributed by atoms with Crippen LogP contribution in [0, 0.1) is 0 Å². The fraction of sp³-hybridized carbons (Fsp3) is 0. The molecule has 0 bridgehead atoms. The summed E-state index contributed by atoms with van der Waals surface area (Å²) in [4.78, 5) is 4.67. The number of ether oxygens (including phenoxy) is 1. The largest absolute Gasteiger partial charge is 0.463 e. The van der Waals surface area contributed by atoms with Crippen molar-refractivity contribution in [1.82, 2.24) is 4.98 Å². The number of anilines is 1. The van der Waals surface area contributed by atoms with E-state index in [0.29, 0.717) is 0 Å². The summed E-state index contributed by atoms with van der Waals surface area (Å²) in [6.07, 6.45) is 3.46. The van der Waals surface area contributed by atoms with Gasteiger partial charge in [-0.15, -0.1) is 0 Å². The van der Waals surface area contributed by atoms with Gasteiger partial charge < -0.3 is 10.1 Å². The first kappa shape index (κ1) is 9.48. The predicted octanol–water partition coefficient (Wildman–Crippen LogP) is 3.66. The molecule has 0 saturated heterocycles. The molecule has 0 spiro atoms. The van der Waals surface area contributed by atoms with E-state index >= 15 is 0 Å². The molecule has 3 heteroatoms. The van der Waals surface area contributed by atoms with Crippen LogP contribution < -0.4 is 10.1 Å². The fourth-order valence-electron chi connectivity index (χ4n) is 2.38. The zero-order valence-electron chi connectivity index (χ0n) is 9.55. The molecule has 4 rings (SSSR count). The third kappa shape index (κ3) is 1.21. The van der Waals surface area contributed by atoms with E-state index in [1.54, 1.807) is 12.5 Å². The number of fused-ring (bicyclic) bond motifs is 2. The lowest BCUT2D eigenvalue weighted by atomic mass is 10.1. The monoisotopic (exact) mass is 234 g/mol. The maximum absolute atomic E-state index is 5.59. The molecule has 0 aliphatic carbocycles. The van der Waals surface area contributed by atoms with Gasteiger partial charge >= 0.3 is 0 Å². The molecule has 86 valence electrons. The second-order valence-corrected chi connectivity index (χ2v) is 4.22. The summed E-state index contributed by atoms with van der Waals surface area (Å²) in [5, 5.41) is 5.42. The second kappa shape index (κ2) is 3.47. The van der Waals surface area contributed by atoms with Crippen molar-refractivity contribution in [2.24, 2.45) is 0 Å². The molecule has 0 unspecified atom stereocenters. The molecule has 3 nitrogen and oxygen atoms in total. The average molecular weight is 234 g/mol. The van der Waals surface area contributed by atoms with Gasteiger partial charge in [-0.25, -0.2) is 4.98 Å². The Hall–Kier alpha value is -2.55. The lowest BCUT2D eigenvalue weighted by Gasteiger charge is -2.10. The maximum atomic E-state index is 5.59. The van der Waals surface area contributed by atoms with Crippen molar-refractivity contribution < 1.29 is 4.74 Å². The first-order chi connectivity index (χ1) is 8.93. The molecule has 18 heavy (non-hydrogen) atoms. The third-order valence-corrected chi connectivity index (χ3v) is 3.16. The Labute approximate surface area is 104 Å².